The Morgan fingerprint density at radius 1 is 1.27 bits per heavy atom. The van der Waals surface area contributed by atoms with E-state index in [1.54, 1.807) is 4.90 Å². The van der Waals surface area contributed by atoms with Crippen molar-refractivity contribution in [3.63, 3.8) is 0 Å². The Balaban J connectivity index is 2.02. The van der Waals surface area contributed by atoms with E-state index in [0.29, 0.717) is 6.61 Å². The van der Waals surface area contributed by atoms with Crippen LogP contribution < -0.4 is 9.64 Å². The van der Waals surface area contributed by atoms with Crippen LogP contribution in [0.5, 0.6) is 5.75 Å². The number of hydrogen-bond acceptors (Lipinski definition) is 3. The zero-order valence-corrected chi connectivity index (χ0v) is 13.0. The number of carboxylic acids is 1. The zero-order valence-electron chi connectivity index (χ0n) is 13.0. The van der Waals surface area contributed by atoms with Crippen molar-refractivity contribution in [2.24, 2.45) is 5.92 Å². The van der Waals surface area contributed by atoms with E-state index in [-0.39, 0.29) is 24.8 Å². The molecule has 0 atom stereocenters. The van der Waals surface area contributed by atoms with Gasteiger partial charge in [0, 0.05) is 18.2 Å². The fourth-order valence-corrected chi connectivity index (χ4v) is 2.18. The van der Waals surface area contributed by atoms with Crippen molar-refractivity contribution in [3.05, 3.63) is 24.3 Å². The summed E-state index contributed by atoms with van der Waals surface area (Å²) in [6.45, 7) is 3.00. The molecule has 0 spiro atoms. The van der Waals surface area contributed by atoms with Crippen molar-refractivity contribution < 1.29 is 19.4 Å². The summed E-state index contributed by atoms with van der Waals surface area (Å²) in [4.78, 5) is 24.7. The molecule has 1 aromatic rings. The highest BCUT2D eigenvalue weighted by atomic mass is 16.5. The molecule has 0 radical (unpaired) electrons. The van der Waals surface area contributed by atoms with E-state index in [1.165, 1.54) is 0 Å². The quantitative estimate of drug-likeness (QED) is 0.712. The average molecular weight is 305 g/mol. The van der Waals surface area contributed by atoms with Crippen LogP contribution in [0, 0.1) is 5.92 Å². The number of carbonyl (C=O) groups is 2. The molecule has 0 aliphatic heterocycles. The fraction of sp³-hybridized carbons (Fsp3) is 0.529. The largest absolute Gasteiger partial charge is 0.494 e. The van der Waals surface area contributed by atoms with Gasteiger partial charge in [0.25, 0.3) is 0 Å². The van der Waals surface area contributed by atoms with Crippen molar-refractivity contribution in [3.8, 4) is 5.75 Å². The molecule has 0 aromatic heterocycles. The van der Waals surface area contributed by atoms with Crippen LogP contribution >= 0.6 is 0 Å². The van der Waals surface area contributed by atoms with Gasteiger partial charge in [-0.25, -0.2) is 0 Å². The molecule has 1 fully saturated rings. The van der Waals surface area contributed by atoms with E-state index in [4.69, 9.17) is 9.84 Å². The summed E-state index contributed by atoms with van der Waals surface area (Å²) in [5.74, 6) is -0.0300. The highest BCUT2D eigenvalue weighted by molar-refractivity contribution is 5.96. The molecule has 0 heterocycles. The molecule has 0 unspecified atom stereocenters. The molecule has 22 heavy (non-hydrogen) atoms. The molecule has 2 rings (SSSR count). The number of hydrogen-bond donors (Lipinski definition) is 1. The Morgan fingerprint density at radius 3 is 2.50 bits per heavy atom. The minimum absolute atomic E-state index is 0.0286. The van der Waals surface area contributed by atoms with Gasteiger partial charge in [0.15, 0.2) is 0 Å². The first-order valence-corrected chi connectivity index (χ1v) is 7.88. The van der Waals surface area contributed by atoms with Crippen molar-refractivity contribution in [1.82, 2.24) is 0 Å². The first kappa shape index (κ1) is 16.3. The van der Waals surface area contributed by atoms with E-state index in [2.05, 4.69) is 6.92 Å². The van der Waals surface area contributed by atoms with E-state index in [0.717, 1.165) is 37.1 Å². The van der Waals surface area contributed by atoms with Gasteiger partial charge in [-0.2, -0.15) is 0 Å². The Bertz CT molecular complexity index is 508. The van der Waals surface area contributed by atoms with E-state index >= 15 is 0 Å². The summed E-state index contributed by atoms with van der Waals surface area (Å²) >= 11 is 0. The summed E-state index contributed by atoms with van der Waals surface area (Å²) < 4.78 is 5.60. The van der Waals surface area contributed by atoms with Crippen LogP contribution in [0.2, 0.25) is 0 Å². The number of unbranched alkanes of at least 4 members (excludes halogenated alkanes) is 1. The SMILES string of the molecule is CCCCOc1ccc(N(CCC(=O)O)C(=O)C2CC2)cc1. The first-order valence-electron chi connectivity index (χ1n) is 7.88. The molecular formula is C17H23NO4. The molecule has 1 aliphatic rings. The highest BCUT2D eigenvalue weighted by Crippen LogP contribution is 2.33. The minimum atomic E-state index is -0.895. The normalized spacial score (nSPS) is 13.7. The molecule has 1 aliphatic carbocycles. The molecule has 1 saturated carbocycles. The van der Waals surface area contributed by atoms with Crippen LogP contribution in [-0.4, -0.2) is 30.1 Å². The third-order valence-corrected chi connectivity index (χ3v) is 3.66. The number of carbonyl (C=O) groups excluding carboxylic acids is 1. The van der Waals surface area contributed by atoms with Gasteiger partial charge in [0.05, 0.1) is 13.0 Å². The summed E-state index contributed by atoms with van der Waals surface area (Å²) in [7, 11) is 0. The summed E-state index contributed by atoms with van der Waals surface area (Å²) in [5.41, 5.74) is 0.737. The van der Waals surface area contributed by atoms with Crippen LogP contribution in [0.25, 0.3) is 0 Å². The van der Waals surface area contributed by atoms with Crippen LogP contribution in [0.15, 0.2) is 24.3 Å². The third-order valence-electron chi connectivity index (χ3n) is 3.66. The summed E-state index contributed by atoms with van der Waals surface area (Å²) in [6.07, 6.45) is 3.85. The standard InChI is InChI=1S/C17H23NO4/c1-2-3-12-22-15-8-6-14(7-9-15)18(11-10-16(19)20)17(21)13-4-5-13/h6-9,13H,2-5,10-12H2,1H3,(H,19,20). The van der Waals surface area contributed by atoms with Crippen LogP contribution in [-0.2, 0) is 9.59 Å². The summed E-state index contributed by atoms with van der Waals surface area (Å²) in [5, 5.41) is 8.85. The number of rotatable bonds is 9. The molecule has 1 N–H and O–H groups in total. The molecule has 5 heteroatoms. The molecule has 1 aromatic carbocycles. The predicted octanol–water partition coefficient (Wildman–Crippen LogP) is 3.08. The van der Waals surface area contributed by atoms with E-state index < -0.39 is 5.97 Å². The van der Waals surface area contributed by atoms with Gasteiger partial charge in [0.2, 0.25) is 5.91 Å². The van der Waals surface area contributed by atoms with Crippen molar-refractivity contribution in [2.75, 3.05) is 18.1 Å². The van der Waals surface area contributed by atoms with Gasteiger partial charge in [0.1, 0.15) is 5.75 Å². The highest BCUT2D eigenvalue weighted by Gasteiger charge is 2.34. The number of nitrogens with zero attached hydrogens (tertiary/aromatic N) is 1. The second-order valence-corrected chi connectivity index (χ2v) is 5.60. The second kappa shape index (κ2) is 7.82. The molecule has 120 valence electrons. The minimum Gasteiger partial charge on any atom is -0.494 e. The predicted molar refractivity (Wildman–Crippen MR) is 84.2 cm³/mol. The van der Waals surface area contributed by atoms with Crippen LogP contribution in [0.3, 0.4) is 0 Å². The number of anilines is 1. The van der Waals surface area contributed by atoms with Crippen molar-refractivity contribution in [1.29, 1.82) is 0 Å². The van der Waals surface area contributed by atoms with Gasteiger partial charge >= 0.3 is 5.97 Å². The second-order valence-electron chi connectivity index (χ2n) is 5.60. The third kappa shape index (κ3) is 4.76. The number of carboxylic acid groups (broad SMARTS) is 1. The molecule has 0 saturated heterocycles. The Morgan fingerprint density at radius 2 is 1.95 bits per heavy atom. The molecular weight excluding hydrogens is 282 g/mol. The van der Waals surface area contributed by atoms with Gasteiger partial charge in [-0.15, -0.1) is 0 Å². The number of amides is 1. The Hall–Kier alpha value is -2.04. The monoisotopic (exact) mass is 305 g/mol. The smallest absolute Gasteiger partial charge is 0.305 e. The number of aliphatic carboxylic acids is 1. The number of ether oxygens (including phenoxy) is 1. The van der Waals surface area contributed by atoms with Crippen molar-refractivity contribution >= 4 is 17.6 Å². The Labute approximate surface area is 130 Å². The molecule has 0 bridgehead atoms. The van der Waals surface area contributed by atoms with Gasteiger partial charge < -0.3 is 14.7 Å². The lowest BCUT2D eigenvalue weighted by Crippen LogP contribution is -2.34. The average Bonchev–Trinajstić information content (AvgIpc) is 3.33. The molecule has 1 amide bonds. The first-order chi connectivity index (χ1) is 10.6. The zero-order chi connectivity index (χ0) is 15.9. The Kier molecular flexibility index (Phi) is 5.81. The van der Waals surface area contributed by atoms with Gasteiger partial charge in [-0.1, -0.05) is 13.3 Å². The van der Waals surface area contributed by atoms with Gasteiger partial charge in [-0.3, -0.25) is 9.59 Å². The van der Waals surface area contributed by atoms with Crippen LogP contribution in [0.4, 0.5) is 5.69 Å². The van der Waals surface area contributed by atoms with Gasteiger partial charge in [-0.05, 0) is 43.5 Å². The lowest BCUT2D eigenvalue weighted by Gasteiger charge is -2.22. The molecule has 5 nitrogen and oxygen atoms in total. The maximum absolute atomic E-state index is 12.3. The topological polar surface area (TPSA) is 66.8 Å². The van der Waals surface area contributed by atoms with Crippen molar-refractivity contribution in [2.45, 2.75) is 39.0 Å². The maximum atomic E-state index is 12.3. The summed E-state index contributed by atoms with van der Waals surface area (Å²) in [6, 6.07) is 7.31. The number of benzene rings is 1. The lowest BCUT2D eigenvalue weighted by atomic mass is 10.2. The van der Waals surface area contributed by atoms with E-state index in [9.17, 15) is 9.59 Å². The van der Waals surface area contributed by atoms with Crippen LogP contribution in [0.1, 0.15) is 39.0 Å². The maximum Gasteiger partial charge on any atom is 0.305 e. The van der Waals surface area contributed by atoms with E-state index in [1.807, 2.05) is 24.3 Å². The lowest BCUT2D eigenvalue weighted by molar-refractivity contribution is -0.136. The fourth-order valence-electron chi connectivity index (χ4n) is 2.18.